The van der Waals surface area contributed by atoms with E-state index in [2.05, 4.69) is 5.32 Å². The summed E-state index contributed by atoms with van der Waals surface area (Å²) in [6.07, 6.45) is 0. The van der Waals surface area contributed by atoms with Crippen LogP contribution in [0, 0.1) is 0 Å². The highest BCUT2D eigenvalue weighted by Gasteiger charge is 2.12. The third-order valence-corrected chi connectivity index (χ3v) is 3.46. The summed E-state index contributed by atoms with van der Waals surface area (Å²) in [7, 11) is 0. The van der Waals surface area contributed by atoms with Gasteiger partial charge < -0.3 is 5.32 Å². The average molecular weight is 335 g/mol. The number of hydrogen-bond donors (Lipinski definition) is 1. The van der Waals surface area contributed by atoms with E-state index in [4.69, 9.17) is 46.4 Å². The van der Waals surface area contributed by atoms with Gasteiger partial charge in [-0.25, -0.2) is 0 Å². The Labute approximate surface area is 130 Å². The van der Waals surface area contributed by atoms with Gasteiger partial charge in [-0.3, -0.25) is 4.79 Å². The molecular weight excluding hydrogens is 328 g/mol. The summed E-state index contributed by atoms with van der Waals surface area (Å²) >= 11 is 23.5. The maximum Gasteiger partial charge on any atom is 0.257 e. The van der Waals surface area contributed by atoms with Crippen LogP contribution in [0.5, 0.6) is 0 Å². The number of rotatable bonds is 2. The Morgan fingerprint density at radius 2 is 1.47 bits per heavy atom. The minimum absolute atomic E-state index is 0.267. The predicted octanol–water partition coefficient (Wildman–Crippen LogP) is 5.55. The molecule has 0 heterocycles. The van der Waals surface area contributed by atoms with Crippen LogP contribution < -0.4 is 5.32 Å². The standard InChI is InChI=1S/C13H7Cl4NO/c14-7-1-3-9(11(17)5-7)13(19)18-12-6-8(15)2-4-10(12)16/h1-6H,(H,18,19). The van der Waals surface area contributed by atoms with Crippen molar-refractivity contribution in [2.45, 2.75) is 0 Å². The fourth-order valence-electron chi connectivity index (χ4n) is 1.46. The van der Waals surface area contributed by atoms with Crippen LogP contribution in [0.4, 0.5) is 5.69 Å². The lowest BCUT2D eigenvalue weighted by Gasteiger charge is -2.09. The van der Waals surface area contributed by atoms with Crippen molar-refractivity contribution in [3.63, 3.8) is 0 Å². The van der Waals surface area contributed by atoms with Gasteiger partial charge in [-0.1, -0.05) is 46.4 Å². The number of nitrogens with one attached hydrogen (secondary N) is 1. The van der Waals surface area contributed by atoms with Crippen LogP contribution in [0.1, 0.15) is 10.4 Å². The van der Waals surface area contributed by atoms with Crippen molar-refractivity contribution in [3.8, 4) is 0 Å². The lowest BCUT2D eigenvalue weighted by atomic mass is 10.2. The van der Waals surface area contributed by atoms with Crippen molar-refractivity contribution in [2.75, 3.05) is 5.32 Å². The largest absolute Gasteiger partial charge is 0.321 e. The van der Waals surface area contributed by atoms with Crippen molar-refractivity contribution in [2.24, 2.45) is 0 Å². The van der Waals surface area contributed by atoms with Crippen LogP contribution in [-0.4, -0.2) is 5.91 Å². The highest BCUT2D eigenvalue weighted by Crippen LogP contribution is 2.27. The molecule has 0 atom stereocenters. The molecule has 0 unspecified atom stereocenters. The summed E-state index contributed by atoms with van der Waals surface area (Å²) in [6.45, 7) is 0. The number of carbonyl (C=O) groups excluding carboxylic acids is 1. The first-order chi connectivity index (χ1) is 8.97. The zero-order chi connectivity index (χ0) is 14.0. The Morgan fingerprint density at radius 1 is 0.842 bits per heavy atom. The van der Waals surface area contributed by atoms with E-state index in [1.807, 2.05) is 0 Å². The molecule has 0 saturated carbocycles. The van der Waals surface area contributed by atoms with Crippen molar-refractivity contribution in [1.29, 1.82) is 0 Å². The van der Waals surface area contributed by atoms with E-state index >= 15 is 0 Å². The van der Waals surface area contributed by atoms with Crippen LogP contribution in [0.2, 0.25) is 20.1 Å². The van der Waals surface area contributed by atoms with Gasteiger partial charge >= 0.3 is 0 Å². The second-order valence-corrected chi connectivity index (χ2v) is 5.39. The van der Waals surface area contributed by atoms with Gasteiger partial charge in [0.2, 0.25) is 0 Å². The molecule has 6 heteroatoms. The van der Waals surface area contributed by atoms with Gasteiger partial charge in [-0.15, -0.1) is 0 Å². The molecule has 2 aromatic rings. The Bertz CT molecular complexity index is 643. The molecule has 0 aliphatic heterocycles. The number of carbonyl (C=O) groups is 1. The number of anilines is 1. The third kappa shape index (κ3) is 3.54. The zero-order valence-corrected chi connectivity index (χ0v) is 12.4. The third-order valence-electron chi connectivity index (χ3n) is 2.35. The molecule has 0 aliphatic rings. The Kier molecular flexibility index (Phi) is 4.58. The number of hydrogen-bond acceptors (Lipinski definition) is 1. The van der Waals surface area contributed by atoms with Crippen molar-refractivity contribution >= 4 is 58.0 Å². The van der Waals surface area contributed by atoms with Crippen LogP contribution in [0.15, 0.2) is 36.4 Å². The lowest BCUT2D eigenvalue weighted by Crippen LogP contribution is -2.12. The zero-order valence-electron chi connectivity index (χ0n) is 9.38. The molecule has 2 aromatic carbocycles. The second kappa shape index (κ2) is 6.02. The Morgan fingerprint density at radius 3 is 2.16 bits per heavy atom. The van der Waals surface area contributed by atoms with Crippen molar-refractivity contribution < 1.29 is 4.79 Å². The summed E-state index contributed by atoms with van der Waals surface area (Å²) in [5.74, 6) is -0.383. The SMILES string of the molecule is O=C(Nc1cc(Cl)ccc1Cl)c1ccc(Cl)cc1Cl. The fraction of sp³-hybridized carbons (Fsp3) is 0. The van der Waals surface area contributed by atoms with Gasteiger partial charge in [0.1, 0.15) is 0 Å². The molecule has 19 heavy (non-hydrogen) atoms. The molecule has 1 N–H and O–H groups in total. The Balaban J connectivity index is 2.28. The highest BCUT2D eigenvalue weighted by atomic mass is 35.5. The second-order valence-electron chi connectivity index (χ2n) is 3.70. The minimum Gasteiger partial charge on any atom is -0.321 e. The van der Waals surface area contributed by atoms with Crippen molar-refractivity contribution in [3.05, 3.63) is 62.1 Å². The lowest BCUT2D eigenvalue weighted by molar-refractivity contribution is 0.102. The molecule has 0 spiro atoms. The summed E-state index contributed by atoms with van der Waals surface area (Å²) in [5, 5.41) is 4.24. The molecule has 2 rings (SSSR count). The fourth-order valence-corrected chi connectivity index (χ4v) is 2.29. The quantitative estimate of drug-likeness (QED) is 0.766. The minimum atomic E-state index is -0.383. The first-order valence-corrected chi connectivity index (χ1v) is 6.70. The molecule has 0 bridgehead atoms. The maximum absolute atomic E-state index is 12.1. The van der Waals surface area contributed by atoms with E-state index < -0.39 is 0 Å². The van der Waals surface area contributed by atoms with Gasteiger partial charge in [-0.05, 0) is 36.4 Å². The van der Waals surface area contributed by atoms with Gasteiger partial charge in [0.25, 0.3) is 5.91 Å². The summed E-state index contributed by atoms with van der Waals surface area (Å²) in [4.78, 5) is 12.1. The first-order valence-electron chi connectivity index (χ1n) is 5.19. The van der Waals surface area contributed by atoms with Crippen LogP contribution >= 0.6 is 46.4 Å². The van der Waals surface area contributed by atoms with Gasteiger partial charge in [-0.2, -0.15) is 0 Å². The predicted molar refractivity (Wildman–Crippen MR) is 80.9 cm³/mol. The molecule has 0 fully saturated rings. The van der Waals surface area contributed by atoms with Gasteiger partial charge in [0.15, 0.2) is 0 Å². The summed E-state index contributed by atoms with van der Waals surface area (Å²) in [5.41, 5.74) is 0.729. The average Bonchev–Trinajstić information content (AvgIpc) is 2.33. The molecule has 2 nitrogen and oxygen atoms in total. The van der Waals surface area contributed by atoms with E-state index in [1.54, 1.807) is 30.3 Å². The Hall–Kier alpha value is -0.930. The molecule has 0 aliphatic carbocycles. The summed E-state index contributed by atoms with van der Waals surface area (Å²) < 4.78 is 0. The van der Waals surface area contributed by atoms with E-state index in [0.29, 0.717) is 26.3 Å². The molecular formula is C13H7Cl4NO. The van der Waals surface area contributed by atoms with E-state index in [0.717, 1.165) is 0 Å². The molecule has 0 saturated heterocycles. The first kappa shape index (κ1) is 14.5. The smallest absolute Gasteiger partial charge is 0.257 e. The molecule has 0 aromatic heterocycles. The number of halogens is 4. The topological polar surface area (TPSA) is 29.1 Å². The van der Waals surface area contributed by atoms with Gasteiger partial charge in [0.05, 0.1) is 21.3 Å². The molecule has 0 radical (unpaired) electrons. The van der Waals surface area contributed by atoms with E-state index in [-0.39, 0.29) is 10.9 Å². The van der Waals surface area contributed by atoms with Crippen LogP contribution in [-0.2, 0) is 0 Å². The maximum atomic E-state index is 12.1. The van der Waals surface area contributed by atoms with Crippen LogP contribution in [0.25, 0.3) is 0 Å². The van der Waals surface area contributed by atoms with Crippen molar-refractivity contribution in [1.82, 2.24) is 0 Å². The molecule has 98 valence electrons. The monoisotopic (exact) mass is 333 g/mol. The number of benzene rings is 2. The van der Waals surface area contributed by atoms with Crippen LogP contribution in [0.3, 0.4) is 0 Å². The normalized spacial score (nSPS) is 10.3. The van der Waals surface area contributed by atoms with E-state index in [9.17, 15) is 4.79 Å². The number of amides is 1. The summed E-state index contributed by atoms with van der Waals surface area (Å²) in [6, 6.07) is 9.42. The van der Waals surface area contributed by atoms with Gasteiger partial charge in [0, 0.05) is 10.0 Å². The van der Waals surface area contributed by atoms with E-state index in [1.165, 1.54) is 6.07 Å². The molecule has 1 amide bonds. The highest BCUT2D eigenvalue weighted by molar-refractivity contribution is 6.38.